The van der Waals surface area contributed by atoms with Crippen molar-refractivity contribution in [2.45, 2.75) is 59.3 Å². The summed E-state index contributed by atoms with van der Waals surface area (Å²) in [6, 6.07) is 0. The highest BCUT2D eigenvalue weighted by Gasteiger charge is 2.17. The first kappa shape index (κ1) is 13.0. The Labute approximate surface area is 96.0 Å². The van der Waals surface area contributed by atoms with Gasteiger partial charge in [-0.25, -0.2) is 0 Å². The molecule has 0 amide bonds. The molecule has 1 heteroatoms. The lowest BCUT2D eigenvalue weighted by Crippen LogP contribution is -2.22. The third kappa shape index (κ3) is 6.19. The number of hydrogen-bond acceptors (Lipinski definition) is 1. The summed E-state index contributed by atoms with van der Waals surface area (Å²) in [6.45, 7) is 9.46. The minimum atomic E-state index is 0.840. The average Bonchev–Trinajstić information content (AvgIpc) is 2.17. The van der Waals surface area contributed by atoms with Gasteiger partial charge < -0.3 is 5.32 Å². The molecule has 2 atom stereocenters. The van der Waals surface area contributed by atoms with E-state index in [1.807, 2.05) is 0 Å². The van der Waals surface area contributed by atoms with Crippen molar-refractivity contribution in [3.8, 4) is 0 Å². The summed E-state index contributed by atoms with van der Waals surface area (Å²) < 4.78 is 0. The van der Waals surface area contributed by atoms with Gasteiger partial charge in [0.2, 0.25) is 0 Å². The topological polar surface area (TPSA) is 12.0 Å². The van der Waals surface area contributed by atoms with Crippen molar-refractivity contribution < 1.29 is 0 Å². The first-order chi connectivity index (χ1) is 7.18. The third-order valence-electron chi connectivity index (χ3n) is 3.67. The van der Waals surface area contributed by atoms with E-state index in [1.165, 1.54) is 51.6 Å². The van der Waals surface area contributed by atoms with E-state index in [4.69, 9.17) is 0 Å². The zero-order valence-corrected chi connectivity index (χ0v) is 10.9. The van der Waals surface area contributed by atoms with Gasteiger partial charge in [0.1, 0.15) is 0 Å². The molecule has 0 aromatic heterocycles. The Kier molecular flexibility index (Phi) is 6.31. The van der Waals surface area contributed by atoms with Crippen LogP contribution in [-0.4, -0.2) is 13.1 Å². The Balaban J connectivity index is 1.95. The first-order valence-electron chi connectivity index (χ1n) is 6.89. The molecule has 90 valence electrons. The predicted molar refractivity (Wildman–Crippen MR) is 68.1 cm³/mol. The average molecular weight is 211 g/mol. The largest absolute Gasteiger partial charge is 0.317 e. The van der Waals surface area contributed by atoms with E-state index in [0.29, 0.717) is 0 Å². The lowest BCUT2D eigenvalue weighted by Gasteiger charge is -2.26. The first-order valence-corrected chi connectivity index (χ1v) is 6.89. The smallest absolute Gasteiger partial charge is 0.00463 e. The van der Waals surface area contributed by atoms with Crippen LogP contribution in [0.3, 0.4) is 0 Å². The zero-order valence-electron chi connectivity index (χ0n) is 10.9. The van der Waals surface area contributed by atoms with Gasteiger partial charge in [-0.2, -0.15) is 0 Å². The molecule has 1 aliphatic rings. The van der Waals surface area contributed by atoms with E-state index in [-0.39, 0.29) is 0 Å². The van der Waals surface area contributed by atoms with Crippen molar-refractivity contribution >= 4 is 0 Å². The van der Waals surface area contributed by atoms with Crippen LogP contribution in [0.25, 0.3) is 0 Å². The standard InChI is InChI=1S/C14H29N/c1-12(2)7-9-15-10-8-14-6-4-5-13(3)11-14/h12-15H,4-11H2,1-3H3. The Morgan fingerprint density at radius 1 is 1.20 bits per heavy atom. The second kappa shape index (κ2) is 7.27. The maximum atomic E-state index is 3.58. The number of nitrogens with one attached hydrogen (secondary N) is 1. The minimum absolute atomic E-state index is 0.840. The van der Waals surface area contributed by atoms with Crippen molar-refractivity contribution in [1.29, 1.82) is 0 Å². The fourth-order valence-electron chi connectivity index (χ4n) is 2.64. The van der Waals surface area contributed by atoms with Crippen LogP contribution in [-0.2, 0) is 0 Å². The fourth-order valence-corrected chi connectivity index (χ4v) is 2.64. The number of rotatable bonds is 6. The molecule has 0 heterocycles. The molecule has 1 rings (SSSR count). The molecule has 0 aromatic carbocycles. The third-order valence-corrected chi connectivity index (χ3v) is 3.67. The normalized spacial score (nSPS) is 27.2. The monoisotopic (exact) mass is 211 g/mol. The molecule has 1 saturated carbocycles. The highest BCUT2D eigenvalue weighted by Crippen LogP contribution is 2.30. The van der Waals surface area contributed by atoms with E-state index in [2.05, 4.69) is 26.1 Å². The highest BCUT2D eigenvalue weighted by molar-refractivity contribution is 4.71. The predicted octanol–water partition coefficient (Wildman–Crippen LogP) is 3.84. The van der Waals surface area contributed by atoms with Crippen molar-refractivity contribution in [2.24, 2.45) is 17.8 Å². The number of hydrogen-bond donors (Lipinski definition) is 1. The fraction of sp³-hybridized carbons (Fsp3) is 1.00. The van der Waals surface area contributed by atoms with Gasteiger partial charge in [0, 0.05) is 0 Å². The van der Waals surface area contributed by atoms with Crippen molar-refractivity contribution in [3.63, 3.8) is 0 Å². The van der Waals surface area contributed by atoms with Crippen LogP contribution in [0.1, 0.15) is 59.3 Å². The molecule has 0 aromatic rings. The van der Waals surface area contributed by atoms with Crippen LogP contribution in [0.15, 0.2) is 0 Å². The van der Waals surface area contributed by atoms with Crippen LogP contribution in [0.5, 0.6) is 0 Å². The summed E-state index contributed by atoms with van der Waals surface area (Å²) in [4.78, 5) is 0. The SMILES string of the molecule is CC(C)CCNCCC1CCCC(C)C1. The van der Waals surface area contributed by atoms with Crippen LogP contribution < -0.4 is 5.32 Å². The van der Waals surface area contributed by atoms with Crippen molar-refractivity contribution in [1.82, 2.24) is 5.32 Å². The Morgan fingerprint density at radius 3 is 2.67 bits per heavy atom. The molecule has 1 aliphatic carbocycles. The molecule has 1 nitrogen and oxygen atoms in total. The molecule has 0 bridgehead atoms. The van der Waals surface area contributed by atoms with Gasteiger partial charge in [0.15, 0.2) is 0 Å². The zero-order chi connectivity index (χ0) is 11.1. The van der Waals surface area contributed by atoms with Gasteiger partial charge in [0.25, 0.3) is 0 Å². The summed E-state index contributed by atoms with van der Waals surface area (Å²) in [7, 11) is 0. The Bertz CT molecular complexity index is 153. The second-order valence-electron chi connectivity index (χ2n) is 5.86. The van der Waals surface area contributed by atoms with E-state index in [1.54, 1.807) is 0 Å². The van der Waals surface area contributed by atoms with Crippen LogP contribution >= 0.6 is 0 Å². The molecule has 15 heavy (non-hydrogen) atoms. The van der Waals surface area contributed by atoms with E-state index >= 15 is 0 Å². The molecule has 0 radical (unpaired) electrons. The van der Waals surface area contributed by atoms with E-state index in [9.17, 15) is 0 Å². The van der Waals surface area contributed by atoms with Gasteiger partial charge in [0.05, 0.1) is 0 Å². The summed E-state index contributed by atoms with van der Waals surface area (Å²) in [5, 5.41) is 3.58. The highest BCUT2D eigenvalue weighted by atomic mass is 14.8. The molecule has 0 saturated heterocycles. The van der Waals surface area contributed by atoms with Gasteiger partial charge in [-0.15, -0.1) is 0 Å². The lowest BCUT2D eigenvalue weighted by molar-refractivity contribution is 0.267. The molecule has 0 aliphatic heterocycles. The van der Waals surface area contributed by atoms with Gasteiger partial charge in [-0.05, 0) is 50.1 Å². The Morgan fingerprint density at radius 2 is 2.00 bits per heavy atom. The molecule has 0 spiro atoms. The maximum Gasteiger partial charge on any atom is -0.00463 e. The molecule has 1 N–H and O–H groups in total. The Hall–Kier alpha value is -0.0400. The quantitative estimate of drug-likeness (QED) is 0.658. The molecular formula is C14H29N. The van der Waals surface area contributed by atoms with Gasteiger partial charge in [-0.3, -0.25) is 0 Å². The van der Waals surface area contributed by atoms with Crippen LogP contribution in [0, 0.1) is 17.8 Å². The summed E-state index contributed by atoms with van der Waals surface area (Å²) in [5.74, 6) is 2.84. The minimum Gasteiger partial charge on any atom is -0.317 e. The van der Waals surface area contributed by atoms with Crippen LogP contribution in [0.2, 0.25) is 0 Å². The molecule has 1 fully saturated rings. The lowest BCUT2D eigenvalue weighted by atomic mass is 9.81. The van der Waals surface area contributed by atoms with E-state index in [0.717, 1.165) is 17.8 Å². The maximum absolute atomic E-state index is 3.58. The van der Waals surface area contributed by atoms with Gasteiger partial charge >= 0.3 is 0 Å². The molecule has 2 unspecified atom stereocenters. The van der Waals surface area contributed by atoms with Gasteiger partial charge in [-0.1, -0.05) is 40.0 Å². The molecular weight excluding hydrogens is 182 g/mol. The second-order valence-corrected chi connectivity index (χ2v) is 5.86. The van der Waals surface area contributed by atoms with Crippen molar-refractivity contribution in [2.75, 3.05) is 13.1 Å². The van der Waals surface area contributed by atoms with E-state index < -0.39 is 0 Å². The summed E-state index contributed by atoms with van der Waals surface area (Å²) >= 11 is 0. The summed E-state index contributed by atoms with van der Waals surface area (Å²) in [5.41, 5.74) is 0. The van der Waals surface area contributed by atoms with Crippen LogP contribution in [0.4, 0.5) is 0 Å². The van der Waals surface area contributed by atoms with Crippen molar-refractivity contribution in [3.05, 3.63) is 0 Å². The summed E-state index contributed by atoms with van der Waals surface area (Å²) in [6.07, 6.45) is 8.63.